The van der Waals surface area contributed by atoms with Crippen LogP contribution in [0.1, 0.15) is 19.4 Å². The third-order valence-electron chi connectivity index (χ3n) is 3.37. The number of rotatable bonds is 5. The summed E-state index contributed by atoms with van der Waals surface area (Å²) in [6.07, 6.45) is 1.23. The molecule has 2 rings (SSSR count). The maximum Gasteiger partial charge on any atom is 0.350 e. The van der Waals surface area contributed by atoms with Gasteiger partial charge in [-0.05, 0) is 24.6 Å². The third kappa shape index (κ3) is 4.57. The van der Waals surface area contributed by atoms with Crippen LogP contribution in [0.5, 0.6) is 0 Å². The molecule has 0 aromatic heterocycles. The van der Waals surface area contributed by atoms with Crippen molar-refractivity contribution in [3.05, 3.63) is 35.5 Å². The summed E-state index contributed by atoms with van der Waals surface area (Å²) < 4.78 is 14.8. The van der Waals surface area contributed by atoms with Crippen LogP contribution in [-0.2, 0) is 28.6 Å². The van der Waals surface area contributed by atoms with Crippen molar-refractivity contribution in [2.24, 2.45) is 0 Å². The van der Waals surface area contributed by atoms with E-state index in [1.54, 1.807) is 25.1 Å². The highest BCUT2D eigenvalue weighted by atomic mass is 16.7. The Morgan fingerprint density at radius 3 is 2.40 bits per heavy atom. The molecule has 0 atom stereocenters. The first kappa shape index (κ1) is 18.5. The minimum atomic E-state index is -1.28. The maximum atomic E-state index is 11.9. The van der Waals surface area contributed by atoms with Gasteiger partial charge in [-0.3, -0.25) is 4.79 Å². The molecule has 1 saturated heterocycles. The number of carbonyl (C=O) groups is 3. The van der Waals surface area contributed by atoms with E-state index >= 15 is 0 Å². The standard InChI is InChI=1S/C17H20N2O6/c1-10-12(6-5-7-13(10)19-14(20)9-23-4)18-8-11-15(21)24-17(2,3)25-16(11)22/h5-8,18H,9H2,1-4H3,(H,19,20). The van der Waals surface area contributed by atoms with E-state index in [9.17, 15) is 14.4 Å². The van der Waals surface area contributed by atoms with Gasteiger partial charge in [0.2, 0.25) is 5.91 Å². The highest BCUT2D eigenvalue weighted by Gasteiger charge is 2.38. The molecule has 0 bridgehead atoms. The Hall–Kier alpha value is -2.87. The fourth-order valence-electron chi connectivity index (χ4n) is 2.17. The Balaban J connectivity index is 2.17. The summed E-state index contributed by atoms with van der Waals surface area (Å²) in [7, 11) is 1.43. The van der Waals surface area contributed by atoms with Gasteiger partial charge in [0.05, 0.1) is 0 Å². The second-order valence-electron chi connectivity index (χ2n) is 5.84. The number of esters is 2. The SMILES string of the molecule is COCC(=O)Nc1cccc(NC=C2C(=O)OC(C)(C)OC2=O)c1C. The van der Waals surface area contributed by atoms with Gasteiger partial charge >= 0.3 is 11.9 Å². The molecular weight excluding hydrogens is 328 g/mol. The molecule has 2 N–H and O–H groups in total. The molecule has 134 valence electrons. The number of ether oxygens (including phenoxy) is 3. The molecule has 0 radical (unpaired) electrons. The lowest BCUT2D eigenvalue weighted by Gasteiger charge is -2.29. The minimum Gasteiger partial charge on any atom is -0.419 e. The third-order valence-corrected chi connectivity index (χ3v) is 3.37. The molecule has 1 fully saturated rings. The summed E-state index contributed by atoms with van der Waals surface area (Å²) >= 11 is 0. The van der Waals surface area contributed by atoms with Crippen molar-refractivity contribution in [2.75, 3.05) is 24.4 Å². The Morgan fingerprint density at radius 1 is 1.20 bits per heavy atom. The molecule has 0 saturated carbocycles. The van der Waals surface area contributed by atoms with Crippen molar-refractivity contribution in [3.63, 3.8) is 0 Å². The van der Waals surface area contributed by atoms with E-state index in [-0.39, 0.29) is 18.1 Å². The van der Waals surface area contributed by atoms with Gasteiger partial charge < -0.3 is 24.8 Å². The normalized spacial score (nSPS) is 15.9. The molecule has 1 aliphatic rings. The first-order valence-corrected chi connectivity index (χ1v) is 7.55. The molecule has 0 spiro atoms. The maximum absolute atomic E-state index is 11.9. The van der Waals surface area contributed by atoms with Crippen LogP contribution >= 0.6 is 0 Å². The van der Waals surface area contributed by atoms with Crippen LogP contribution in [0.2, 0.25) is 0 Å². The largest absolute Gasteiger partial charge is 0.419 e. The Morgan fingerprint density at radius 2 is 1.80 bits per heavy atom. The Labute approximate surface area is 145 Å². The molecule has 1 aromatic rings. The number of anilines is 2. The second-order valence-corrected chi connectivity index (χ2v) is 5.84. The molecule has 25 heavy (non-hydrogen) atoms. The number of amides is 1. The van der Waals surface area contributed by atoms with Gasteiger partial charge in [-0.25, -0.2) is 9.59 Å². The summed E-state index contributed by atoms with van der Waals surface area (Å²) in [5.74, 6) is -3.11. The number of methoxy groups -OCH3 is 1. The van der Waals surface area contributed by atoms with E-state index in [2.05, 4.69) is 10.6 Å². The molecule has 1 aromatic carbocycles. The molecule has 8 heteroatoms. The Bertz CT molecular complexity index is 717. The van der Waals surface area contributed by atoms with Crippen LogP contribution in [0.25, 0.3) is 0 Å². The van der Waals surface area contributed by atoms with E-state index < -0.39 is 17.7 Å². The van der Waals surface area contributed by atoms with Crippen LogP contribution < -0.4 is 10.6 Å². The summed E-state index contributed by atoms with van der Waals surface area (Å²) in [4.78, 5) is 35.5. The van der Waals surface area contributed by atoms with Gasteiger partial charge in [-0.15, -0.1) is 0 Å². The smallest absolute Gasteiger partial charge is 0.350 e. The van der Waals surface area contributed by atoms with Crippen molar-refractivity contribution in [1.29, 1.82) is 0 Å². The Kier molecular flexibility index (Phi) is 5.43. The van der Waals surface area contributed by atoms with Crippen LogP contribution in [0, 0.1) is 6.92 Å². The van der Waals surface area contributed by atoms with Crippen LogP contribution in [0.15, 0.2) is 30.0 Å². The van der Waals surface area contributed by atoms with Crippen LogP contribution in [0.3, 0.4) is 0 Å². The molecule has 0 aliphatic carbocycles. The zero-order valence-corrected chi connectivity index (χ0v) is 14.5. The van der Waals surface area contributed by atoms with Crippen molar-refractivity contribution in [2.45, 2.75) is 26.6 Å². The summed E-state index contributed by atoms with van der Waals surface area (Å²) in [5, 5.41) is 5.58. The van der Waals surface area contributed by atoms with Gasteiger partial charge in [0.15, 0.2) is 5.57 Å². The van der Waals surface area contributed by atoms with Gasteiger partial charge in [-0.1, -0.05) is 6.07 Å². The molecule has 0 unspecified atom stereocenters. The van der Waals surface area contributed by atoms with E-state index in [4.69, 9.17) is 14.2 Å². The zero-order chi connectivity index (χ0) is 18.6. The first-order chi connectivity index (χ1) is 11.7. The summed E-state index contributed by atoms with van der Waals surface area (Å²) in [6.45, 7) is 4.67. The molecule has 1 aliphatic heterocycles. The summed E-state index contributed by atoms with van der Waals surface area (Å²) in [6, 6.07) is 5.19. The highest BCUT2D eigenvalue weighted by molar-refractivity contribution is 6.15. The van der Waals surface area contributed by atoms with E-state index in [0.29, 0.717) is 11.4 Å². The molecular formula is C17H20N2O6. The van der Waals surface area contributed by atoms with Crippen molar-refractivity contribution < 1.29 is 28.6 Å². The average Bonchev–Trinajstić information content (AvgIpc) is 2.49. The average molecular weight is 348 g/mol. The van der Waals surface area contributed by atoms with Crippen molar-refractivity contribution in [3.8, 4) is 0 Å². The number of nitrogens with one attached hydrogen (secondary N) is 2. The fourth-order valence-corrected chi connectivity index (χ4v) is 2.17. The molecule has 1 amide bonds. The predicted octanol–water partition coefficient (Wildman–Crippen LogP) is 1.71. The summed E-state index contributed by atoms with van der Waals surface area (Å²) in [5.41, 5.74) is 1.67. The number of hydrogen-bond donors (Lipinski definition) is 2. The first-order valence-electron chi connectivity index (χ1n) is 7.55. The molecule has 8 nitrogen and oxygen atoms in total. The van der Waals surface area contributed by atoms with E-state index in [0.717, 1.165) is 5.56 Å². The fraction of sp³-hybridized carbons (Fsp3) is 0.353. The van der Waals surface area contributed by atoms with E-state index in [1.807, 2.05) is 0 Å². The van der Waals surface area contributed by atoms with Gasteiger partial charge in [0.1, 0.15) is 6.61 Å². The lowest BCUT2D eigenvalue weighted by atomic mass is 10.1. The quantitative estimate of drug-likeness (QED) is 0.474. The second kappa shape index (κ2) is 7.35. The number of carbonyl (C=O) groups excluding carboxylic acids is 3. The number of benzene rings is 1. The van der Waals surface area contributed by atoms with Gasteiger partial charge in [-0.2, -0.15) is 0 Å². The predicted molar refractivity (Wildman–Crippen MR) is 89.7 cm³/mol. The minimum absolute atomic E-state index is 0.0609. The van der Waals surface area contributed by atoms with Gasteiger partial charge in [0, 0.05) is 38.5 Å². The van der Waals surface area contributed by atoms with E-state index in [1.165, 1.54) is 27.2 Å². The monoisotopic (exact) mass is 348 g/mol. The lowest BCUT2D eigenvalue weighted by molar-refractivity contribution is -0.222. The van der Waals surface area contributed by atoms with Crippen LogP contribution in [0.4, 0.5) is 11.4 Å². The highest BCUT2D eigenvalue weighted by Crippen LogP contribution is 2.25. The topological polar surface area (TPSA) is 103 Å². The van der Waals surface area contributed by atoms with Gasteiger partial charge in [0.25, 0.3) is 5.79 Å². The lowest BCUT2D eigenvalue weighted by Crippen LogP contribution is -2.42. The number of cyclic esters (lactones) is 2. The number of hydrogen-bond acceptors (Lipinski definition) is 7. The van der Waals surface area contributed by atoms with Crippen LogP contribution in [-0.4, -0.2) is 37.3 Å². The van der Waals surface area contributed by atoms with Crippen molar-refractivity contribution in [1.82, 2.24) is 0 Å². The zero-order valence-electron chi connectivity index (χ0n) is 14.5. The van der Waals surface area contributed by atoms with Crippen molar-refractivity contribution >= 4 is 29.2 Å². The molecule has 1 heterocycles.